The minimum absolute atomic E-state index is 0.0380. The van der Waals surface area contributed by atoms with Crippen molar-refractivity contribution in [2.75, 3.05) is 7.11 Å². The largest absolute Gasteiger partial charge is 0.481 e. The van der Waals surface area contributed by atoms with E-state index >= 15 is 0 Å². The molecule has 0 fully saturated rings. The number of benzene rings is 1. The first kappa shape index (κ1) is 14.0. The Morgan fingerprint density at radius 3 is 2.55 bits per heavy atom. The maximum Gasteiger partial charge on any atom is 0.417 e. The summed E-state index contributed by atoms with van der Waals surface area (Å²) in [5.74, 6) is 0.0943. The Hall–Kier alpha value is -2.37. The number of carbonyl (C=O) groups is 1. The van der Waals surface area contributed by atoms with Crippen molar-refractivity contribution >= 4 is 6.29 Å². The van der Waals surface area contributed by atoms with Crippen molar-refractivity contribution in [3.05, 3.63) is 47.7 Å². The van der Waals surface area contributed by atoms with Gasteiger partial charge in [0.1, 0.15) is 6.29 Å². The van der Waals surface area contributed by atoms with E-state index in [0.717, 1.165) is 6.07 Å². The van der Waals surface area contributed by atoms with Gasteiger partial charge in [0.15, 0.2) is 0 Å². The van der Waals surface area contributed by atoms with Gasteiger partial charge in [0.25, 0.3) is 0 Å². The second kappa shape index (κ2) is 5.32. The number of pyridine rings is 1. The Morgan fingerprint density at radius 1 is 1.20 bits per heavy atom. The second-order valence-corrected chi connectivity index (χ2v) is 3.98. The normalized spacial score (nSPS) is 11.2. The van der Waals surface area contributed by atoms with E-state index in [1.165, 1.54) is 37.6 Å². The zero-order valence-electron chi connectivity index (χ0n) is 10.4. The minimum Gasteiger partial charge on any atom is -0.481 e. The van der Waals surface area contributed by atoms with Crippen molar-refractivity contribution < 1.29 is 22.7 Å². The molecule has 0 aliphatic rings. The molecule has 1 aromatic heterocycles. The molecule has 0 aliphatic heterocycles. The highest BCUT2D eigenvalue weighted by Gasteiger charge is 2.34. The molecule has 2 aromatic rings. The van der Waals surface area contributed by atoms with E-state index in [0.29, 0.717) is 6.29 Å². The Labute approximate surface area is 113 Å². The molecule has 1 aromatic carbocycles. The van der Waals surface area contributed by atoms with Gasteiger partial charge in [0, 0.05) is 17.3 Å². The van der Waals surface area contributed by atoms with E-state index in [1.807, 2.05) is 0 Å². The summed E-state index contributed by atoms with van der Waals surface area (Å²) in [4.78, 5) is 14.5. The molecule has 104 valence electrons. The molecule has 3 nitrogen and oxygen atoms in total. The van der Waals surface area contributed by atoms with Crippen LogP contribution in [0.2, 0.25) is 0 Å². The highest BCUT2D eigenvalue weighted by atomic mass is 19.4. The zero-order chi connectivity index (χ0) is 14.8. The molecule has 0 saturated carbocycles. The molecule has 0 bridgehead atoms. The van der Waals surface area contributed by atoms with Gasteiger partial charge in [0.2, 0.25) is 5.88 Å². The van der Waals surface area contributed by atoms with Crippen LogP contribution in [-0.2, 0) is 6.18 Å². The number of rotatable bonds is 3. The van der Waals surface area contributed by atoms with Gasteiger partial charge in [-0.15, -0.1) is 0 Å². The first-order valence-corrected chi connectivity index (χ1v) is 5.63. The number of hydrogen-bond acceptors (Lipinski definition) is 3. The van der Waals surface area contributed by atoms with Crippen molar-refractivity contribution in [3.8, 4) is 17.0 Å². The Balaban J connectivity index is 2.70. The third-order valence-electron chi connectivity index (χ3n) is 2.74. The Morgan fingerprint density at radius 2 is 1.95 bits per heavy atom. The fourth-order valence-corrected chi connectivity index (χ4v) is 1.86. The van der Waals surface area contributed by atoms with E-state index in [1.54, 1.807) is 0 Å². The van der Waals surface area contributed by atoms with Crippen LogP contribution in [0.1, 0.15) is 15.9 Å². The number of carbonyl (C=O) groups excluding carboxylic acids is 1. The quantitative estimate of drug-likeness (QED) is 0.807. The summed E-state index contributed by atoms with van der Waals surface area (Å²) in [6, 6.07) is 6.38. The van der Waals surface area contributed by atoms with Crippen LogP contribution in [0.15, 0.2) is 36.5 Å². The number of hydrogen-bond donors (Lipinski definition) is 0. The highest BCUT2D eigenvalue weighted by molar-refractivity contribution is 5.80. The third-order valence-corrected chi connectivity index (χ3v) is 2.74. The van der Waals surface area contributed by atoms with E-state index in [4.69, 9.17) is 4.74 Å². The molecule has 1 heterocycles. The summed E-state index contributed by atoms with van der Waals surface area (Å²) in [5.41, 5.74) is -0.787. The Kier molecular flexibility index (Phi) is 3.74. The van der Waals surface area contributed by atoms with Gasteiger partial charge in [-0.1, -0.05) is 12.1 Å². The molecule has 0 unspecified atom stereocenters. The number of halogens is 3. The van der Waals surface area contributed by atoms with Crippen LogP contribution in [0.4, 0.5) is 13.2 Å². The predicted molar refractivity (Wildman–Crippen MR) is 66.6 cm³/mol. The van der Waals surface area contributed by atoms with Gasteiger partial charge in [-0.05, 0) is 23.8 Å². The summed E-state index contributed by atoms with van der Waals surface area (Å²) >= 11 is 0. The van der Waals surface area contributed by atoms with Crippen molar-refractivity contribution in [2.24, 2.45) is 0 Å². The molecule has 0 spiro atoms. The topological polar surface area (TPSA) is 39.2 Å². The van der Waals surface area contributed by atoms with Crippen molar-refractivity contribution in [3.63, 3.8) is 0 Å². The van der Waals surface area contributed by atoms with Crippen LogP contribution >= 0.6 is 0 Å². The number of aldehydes is 1. The molecule has 0 saturated heterocycles. The summed E-state index contributed by atoms with van der Waals surface area (Å²) in [6.07, 6.45) is -2.77. The number of ether oxygens (including phenoxy) is 1. The lowest BCUT2D eigenvalue weighted by Gasteiger charge is -2.15. The predicted octanol–water partition coefficient (Wildman–Crippen LogP) is 3.59. The van der Waals surface area contributed by atoms with Crippen LogP contribution in [0, 0.1) is 0 Å². The van der Waals surface area contributed by atoms with Gasteiger partial charge in [-0.25, -0.2) is 4.98 Å². The van der Waals surface area contributed by atoms with E-state index < -0.39 is 11.7 Å². The number of aromatic nitrogens is 1. The molecule has 0 amide bonds. The van der Waals surface area contributed by atoms with Crippen LogP contribution in [0.5, 0.6) is 5.88 Å². The van der Waals surface area contributed by atoms with Crippen LogP contribution in [0.3, 0.4) is 0 Å². The average Bonchev–Trinajstić information content (AvgIpc) is 2.45. The molecular weight excluding hydrogens is 271 g/mol. The third kappa shape index (κ3) is 2.64. The van der Waals surface area contributed by atoms with E-state index in [9.17, 15) is 18.0 Å². The van der Waals surface area contributed by atoms with Gasteiger partial charge in [-0.2, -0.15) is 13.2 Å². The fraction of sp³-hybridized carbons (Fsp3) is 0.143. The molecule has 0 N–H and O–H groups in total. The van der Waals surface area contributed by atoms with Crippen molar-refractivity contribution in [2.45, 2.75) is 6.18 Å². The fourth-order valence-electron chi connectivity index (χ4n) is 1.86. The zero-order valence-corrected chi connectivity index (χ0v) is 10.4. The summed E-state index contributed by atoms with van der Waals surface area (Å²) in [7, 11) is 1.33. The number of alkyl halides is 3. The molecule has 20 heavy (non-hydrogen) atoms. The summed E-state index contributed by atoms with van der Waals surface area (Å²) < 4.78 is 44.3. The van der Waals surface area contributed by atoms with Gasteiger partial charge in [-0.3, -0.25) is 4.79 Å². The summed E-state index contributed by atoms with van der Waals surface area (Å²) in [6.45, 7) is 0. The average molecular weight is 281 g/mol. The van der Waals surface area contributed by atoms with E-state index in [2.05, 4.69) is 4.98 Å². The maximum absolute atomic E-state index is 13.1. The summed E-state index contributed by atoms with van der Waals surface area (Å²) in [5, 5.41) is 0. The van der Waals surface area contributed by atoms with Crippen molar-refractivity contribution in [1.82, 2.24) is 4.98 Å². The van der Waals surface area contributed by atoms with Crippen molar-refractivity contribution in [1.29, 1.82) is 0 Å². The lowest BCUT2D eigenvalue weighted by atomic mass is 9.98. The first-order valence-electron chi connectivity index (χ1n) is 5.63. The Bertz CT molecular complexity index is 639. The lowest BCUT2D eigenvalue weighted by molar-refractivity contribution is -0.137. The minimum atomic E-state index is -4.57. The smallest absolute Gasteiger partial charge is 0.417 e. The number of nitrogens with zero attached hydrogens (tertiary/aromatic N) is 1. The molecular formula is C14H10F3NO2. The first-order chi connectivity index (χ1) is 9.47. The molecule has 0 atom stereocenters. The maximum atomic E-state index is 13.1. The highest BCUT2D eigenvalue weighted by Crippen LogP contribution is 2.39. The van der Waals surface area contributed by atoms with Crippen LogP contribution in [0.25, 0.3) is 11.1 Å². The second-order valence-electron chi connectivity index (χ2n) is 3.98. The molecule has 6 heteroatoms. The molecule has 0 aliphatic carbocycles. The standard InChI is InChI=1S/C14H10F3NO2/c1-20-13-11(3-2-6-18-13)10-5-4-9(8-19)7-12(10)14(15,16)17/h2-8H,1H3. The number of methoxy groups -OCH3 is 1. The van der Waals surface area contributed by atoms with Crippen LogP contribution < -0.4 is 4.74 Å². The van der Waals surface area contributed by atoms with Gasteiger partial charge >= 0.3 is 6.18 Å². The lowest BCUT2D eigenvalue weighted by Crippen LogP contribution is -2.08. The SMILES string of the molecule is COc1ncccc1-c1ccc(C=O)cc1C(F)(F)F. The van der Waals surface area contributed by atoms with E-state index in [-0.39, 0.29) is 22.6 Å². The molecule has 2 rings (SSSR count). The van der Waals surface area contributed by atoms with Gasteiger partial charge in [0.05, 0.1) is 12.7 Å². The molecule has 0 radical (unpaired) electrons. The monoisotopic (exact) mass is 281 g/mol. The van der Waals surface area contributed by atoms with Gasteiger partial charge < -0.3 is 4.74 Å². The van der Waals surface area contributed by atoms with Crippen LogP contribution in [-0.4, -0.2) is 18.4 Å².